The molecule has 2 aromatic carbocycles. The van der Waals surface area contributed by atoms with E-state index in [1.165, 1.54) is 36.1 Å². The van der Waals surface area contributed by atoms with Gasteiger partial charge in [-0.05, 0) is 66.8 Å². The molecule has 150 valence electrons. The summed E-state index contributed by atoms with van der Waals surface area (Å²) in [6.07, 6.45) is 3.59. The molecule has 1 fully saturated rings. The Morgan fingerprint density at radius 3 is 2.57 bits per heavy atom. The van der Waals surface area contributed by atoms with Crippen LogP contribution in [-0.2, 0) is 19.5 Å². The fourth-order valence-electron chi connectivity index (χ4n) is 4.58. The fraction of sp³-hybridized carbons (Fsp3) is 0.478. The maximum atomic E-state index is 6.16. The summed E-state index contributed by atoms with van der Waals surface area (Å²) in [4.78, 5) is 5.22. The van der Waals surface area contributed by atoms with Crippen LogP contribution in [0.4, 0.5) is 0 Å². The zero-order chi connectivity index (χ0) is 19.5. The Morgan fingerprint density at radius 1 is 1.04 bits per heavy atom. The number of halogens is 1. The van der Waals surface area contributed by atoms with Gasteiger partial charge in [-0.25, -0.2) is 0 Å². The number of fused-ring (bicyclic) bond motifs is 1. The molecule has 0 aliphatic carbocycles. The summed E-state index contributed by atoms with van der Waals surface area (Å²) in [5.41, 5.74) is 4.06. The molecule has 1 saturated heterocycles. The molecule has 4 rings (SSSR count). The van der Waals surface area contributed by atoms with Crippen molar-refractivity contribution in [1.29, 1.82) is 0 Å². The Kier molecular flexibility index (Phi) is 6.10. The second kappa shape index (κ2) is 8.73. The van der Waals surface area contributed by atoms with Crippen LogP contribution in [0.2, 0.25) is 5.02 Å². The first-order valence-electron chi connectivity index (χ1n) is 10.1. The van der Waals surface area contributed by atoms with E-state index in [1.54, 1.807) is 14.2 Å². The second-order valence-electron chi connectivity index (χ2n) is 7.86. The third-order valence-electron chi connectivity index (χ3n) is 6.04. The Bertz CT molecular complexity index is 826. The number of methoxy groups -OCH3 is 2. The lowest BCUT2D eigenvalue weighted by molar-refractivity contribution is 0.0837. The van der Waals surface area contributed by atoms with Gasteiger partial charge in [-0.15, -0.1) is 0 Å². The number of nitrogens with zero attached hydrogens (tertiary/aromatic N) is 2. The van der Waals surface area contributed by atoms with Crippen molar-refractivity contribution < 1.29 is 9.47 Å². The molecule has 2 heterocycles. The first kappa shape index (κ1) is 19.6. The van der Waals surface area contributed by atoms with Crippen molar-refractivity contribution >= 4 is 11.6 Å². The lowest BCUT2D eigenvalue weighted by Gasteiger charge is -2.41. The number of hydrogen-bond donors (Lipinski definition) is 0. The van der Waals surface area contributed by atoms with E-state index in [2.05, 4.69) is 34.1 Å². The lowest BCUT2D eigenvalue weighted by Crippen LogP contribution is -2.49. The predicted molar refractivity (Wildman–Crippen MR) is 113 cm³/mol. The van der Waals surface area contributed by atoms with Crippen LogP contribution >= 0.6 is 11.6 Å². The van der Waals surface area contributed by atoms with Gasteiger partial charge in [0.05, 0.1) is 14.2 Å². The smallest absolute Gasteiger partial charge is 0.161 e. The van der Waals surface area contributed by atoms with Crippen LogP contribution in [0.25, 0.3) is 0 Å². The highest BCUT2D eigenvalue weighted by atomic mass is 35.5. The van der Waals surface area contributed by atoms with Gasteiger partial charge in [0, 0.05) is 37.2 Å². The summed E-state index contributed by atoms with van der Waals surface area (Å²) in [6, 6.07) is 13.2. The first-order valence-corrected chi connectivity index (χ1v) is 10.5. The average molecular weight is 401 g/mol. The van der Waals surface area contributed by atoms with Crippen molar-refractivity contribution in [3.63, 3.8) is 0 Å². The highest BCUT2D eigenvalue weighted by molar-refractivity contribution is 6.30. The average Bonchev–Trinajstić information content (AvgIpc) is 2.72. The summed E-state index contributed by atoms with van der Waals surface area (Å²) in [5.74, 6) is 1.66. The fourth-order valence-corrected chi connectivity index (χ4v) is 4.80. The topological polar surface area (TPSA) is 24.9 Å². The molecule has 1 atom stereocenters. The molecule has 2 aliphatic rings. The van der Waals surface area contributed by atoms with E-state index in [-0.39, 0.29) is 0 Å². The molecule has 2 aromatic rings. The Labute approximate surface area is 173 Å². The van der Waals surface area contributed by atoms with Crippen LogP contribution in [0.5, 0.6) is 11.5 Å². The number of piperidine rings is 1. The minimum absolute atomic E-state index is 0.606. The molecule has 0 bridgehead atoms. The zero-order valence-corrected chi connectivity index (χ0v) is 17.5. The van der Waals surface area contributed by atoms with E-state index in [0.29, 0.717) is 6.04 Å². The van der Waals surface area contributed by atoms with Crippen LogP contribution in [0.3, 0.4) is 0 Å². The normalized spacial score (nSPS) is 20.6. The molecule has 1 unspecified atom stereocenters. The van der Waals surface area contributed by atoms with Crippen molar-refractivity contribution in [1.82, 2.24) is 9.80 Å². The van der Waals surface area contributed by atoms with Gasteiger partial charge in [0.1, 0.15) is 0 Å². The SMILES string of the molecule is COc1cc2c(cc1OC)CN(C1CCCN(Cc3cccc(Cl)c3)C1)CC2. The maximum Gasteiger partial charge on any atom is 0.161 e. The van der Waals surface area contributed by atoms with E-state index < -0.39 is 0 Å². The highest BCUT2D eigenvalue weighted by Crippen LogP contribution is 2.34. The number of rotatable bonds is 5. The summed E-state index contributed by atoms with van der Waals surface area (Å²) in [7, 11) is 3.41. The molecule has 0 radical (unpaired) electrons. The van der Waals surface area contributed by atoms with Crippen LogP contribution < -0.4 is 9.47 Å². The molecule has 0 aromatic heterocycles. The summed E-state index contributed by atoms with van der Waals surface area (Å²) in [6.45, 7) is 5.36. The summed E-state index contributed by atoms with van der Waals surface area (Å²) < 4.78 is 11.0. The molecular weight excluding hydrogens is 372 g/mol. The number of hydrogen-bond acceptors (Lipinski definition) is 4. The zero-order valence-electron chi connectivity index (χ0n) is 16.8. The molecule has 0 spiro atoms. The molecule has 4 nitrogen and oxygen atoms in total. The van der Waals surface area contributed by atoms with Crippen molar-refractivity contribution in [2.24, 2.45) is 0 Å². The summed E-state index contributed by atoms with van der Waals surface area (Å²) in [5, 5.41) is 0.822. The van der Waals surface area contributed by atoms with Gasteiger partial charge >= 0.3 is 0 Å². The second-order valence-corrected chi connectivity index (χ2v) is 8.29. The van der Waals surface area contributed by atoms with Crippen LogP contribution in [0.1, 0.15) is 29.5 Å². The standard InChI is InChI=1S/C23H29ClN2O2/c1-27-22-12-18-8-10-26(15-19(18)13-23(22)28-2)21-7-4-9-25(16-21)14-17-5-3-6-20(24)11-17/h3,5-6,11-13,21H,4,7-10,14-16H2,1-2H3. The largest absolute Gasteiger partial charge is 0.493 e. The van der Waals surface area contributed by atoms with Gasteiger partial charge in [-0.3, -0.25) is 9.80 Å². The minimum Gasteiger partial charge on any atom is -0.493 e. The predicted octanol–water partition coefficient (Wildman–Crippen LogP) is 4.38. The van der Waals surface area contributed by atoms with Crippen LogP contribution in [-0.4, -0.2) is 49.7 Å². The van der Waals surface area contributed by atoms with E-state index in [9.17, 15) is 0 Å². The third kappa shape index (κ3) is 4.29. The van der Waals surface area contributed by atoms with Crippen molar-refractivity contribution in [2.45, 2.75) is 38.4 Å². The van der Waals surface area contributed by atoms with E-state index in [1.807, 2.05) is 12.1 Å². The van der Waals surface area contributed by atoms with E-state index in [0.717, 1.165) is 49.1 Å². The van der Waals surface area contributed by atoms with E-state index >= 15 is 0 Å². The maximum absolute atomic E-state index is 6.16. The molecule has 0 N–H and O–H groups in total. The van der Waals surface area contributed by atoms with Gasteiger partial charge in [0.15, 0.2) is 11.5 Å². The van der Waals surface area contributed by atoms with Crippen molar-refractivity contribution in [3.8, 4) is 11.5 Å². The van der Waals surface area contributed by atoms with Crippen molar-refractivity contribution in [2.75, 3.05) is 33.9 Å². The minimum atomic E-state index is 0.606. The number of ether oxygens (including phenoxy) is 2. The monoisotopic (exact) mass is 400 g/mol. The molecule has 0 saturated carbocycles. The summed E-state index contributed by atoms with van der Waals surface area (Å²) >= 11 is 6.16. The molecule has 5 heteroatoms. The molecule has 28 heavy (non-hydrogen) atoms. The quantitative estimate of drug-likeness (QED) is 0.743. The third-order valence-corrected chi connectivity index (χ3v) is 6.27. The molecule has 2 aliphatic heterocycles. The highest BCUT2D eigenvalue weighted by Gasteiger charge is 2.28. The van der Waals surface area contributed by atoms with Gasteiger partial charge in [0.25, 0.3) is 0 Å². The molecule has 0 amide bonds. The number of benzene rings is 2. The molecular formula is C23H29ClN2O2. The Hall–Kier alpha value is -1.75. The van der Waals surface area contributed by atoms with Crippen LogP contribution in [0, 0.1) is 0 Å². The number of likely N-dealkylation sites (tertiary alicyclic amines) is 1. The van der Waals surface area contributed by atoms with Gasteiger partial charge in [0.2, 0.25) is 0 Å². The van der Waals surface area contributed by atoms with Crippen LogP contribution in [0.15, 0.2) is 36.4 Å². The lowest BCUT2D eigenvalue weighted by atomic mass is 9.95. The van der Waals surface area contributed by atoms with Gasteiger partial charge < -0.3 is 9.47 Å². The van der Waals surface area contributed by atoms with Crippen molar-refractivity contribution in [3.05, 3.63) is 58.1 Å². The van der Waals surface area contributed by atoms with Gasteiger partial charge in [-0.1, -0.05) is 23.7 Å². The van der Waals surface area contributed by atoms with E-state index in [4.69, 9.17) is 21.1 Å². The Balaban J connectivity index is 1.43. The first-order chi connectivity index (χ1) is 13.7. The van der Waals surface area contributed by atoms with Gasteiger partial charge in [-0.2, -0.15) is 0 Å². The Morgan fingerprint density at radius 2 is 1.82 bits per heavy atom.